The predicted octanol–water partition coefficient (Wildman–Crippen LogP) is 2.37. The number of hydrogen-bond donors (Lipinski definition) is 5. The lowest BCUT2D eigenvalue weighted by Gasteiger charge is -2.09. The molecule has 2 aromatic heterocycles. The number of para-hydroxylation sites is 2. The van der Waals surface area contributed by atoms with Crippen molar-refractivity contribution in [2.75, 3.05) is 6.54 Å². The van der Waals surface area contributed by atoms with Gasteiger partial charge in [-0.15, -0.1) is 0 Å². The Morgan fingerprint density at radius 3 is 2.75 bits per heavy atom. The summed E-state index contributed by atoms with van der Waals surface area (Å²) in [5.41, 5.74) is 9.94. The minimum Gasteiger partial charge on any atom is -0.384 e. The molecule has 8 nitrogen and oxygen atoms in total. The van der Waals surface area contributed by atoms with Crippen molar-refractivity contribution in [3.05, 3.63) is 59.7 Å². The van der Waals surface area contributed by atoms with Crippen LogP contribution in [-0.2, 0) is 13.0 Å². The van der Waals surface area contributed by atoms with E-state index in [1.165, 1.54) is 0 Å². The van der Waals surface area contributed by atoms with Crippen molar-refractivity contribution in [1.29, 1.82) is 10.8 Å². The van der Waals surface area contributed by atoms with Gasteiger partial charge in [-0.05, 0) is 37.3 Å². The number of imidazole rings is 2. The quantitative estimate of drug-likeness (QED) is 0.262. The molecule has 0 aliphatic rings. The number of benzene rings is 2. The van der Waals surface area contributed by atoms with Gasteiger partial charge in [0.2, 0.25) is 0 Å². The molecule has 2 heterocycles. The second-order valence-electron chi connectivity index (χ2n) is 6.73. The highest BCUT2D eigenvalue weighted by molar-refractivity contribution is 5.97. The molecule has 0 atom stereocenters. The maximum Gasteiger partial charge on any atom is 0.122 e. The van der Waals surface area contributed by atoms with Gasteiger partial charge in [0, 0.05) is 18.7 Å². The van der Waals surface area contributed by atoms with Crippen LogP contribution in [0.2, 0.25) is 0 Å². The predicted molar refractivity (Wildman–Crippen MR) is 111 cm³/mol. The Kier molecular flexibility index (Phi) is 4.52. The van der Waals surface area contributed by atoms with Crippen molar-refractivity contribution in [2.24, 2.45) is 5.73 Å². The zero-order valence-electron chi connectivity index (χ0n) is 15.6. The minimum atomic E-state index is 0.0298. The highest BCUT2D eigenvalue weighted by Crippen LogP contribution is 2.20. The van der Waals surface area contributed by atoms with E-state index in [9.17, 15) is 0 Å². The molecule has 2 aromatic carbocycles. The van der Waals surface area contributed by atoms with Crippen molar-refractivity contribution < 1.29 is 0 Å². The van der Waals surface area contributed by atoms with E-state index in [0.717, 1.165) is 33.7 Å². The van der Waals surface area contributed by atoms with E-state index in [0.29, 0.717) is 30.9 Å². The SMILES string of the molecule is CC(=N)NCCn1c(Cc2nc3cc(C(=N)N)ccc3[nH]2)nc2ccccc21. The van der Waals surface area contributed by atoms with Gasteiger partial charge in [-0.25, -0.2) is 9.97 Å². The van der Waals surface area contributed by atoms with Crippen molar-refractivity contribution in [2.45, 2.75) is 19.9 Å². The van der Waals surface area contributed by atoms with Gasteiger partial charge in [0.05, 0.1) is 34.3 Å². The van der Waals surface area contributed by atoms with Crippen LogP contribution in [-0.4, -0.2) is 37.7 Å². The molecule has 142 valence electrons. The van der Waals surface area contributed by atoms with Gasteiger partial charge in [-0.2, -0.15) is 0 Å². The van der Waals surface area contributed by atoms with Crippen LogP contribution in [0.15, 0.2) is 42.5 Å². The molecule has 0 aliphatic heterocycles. The van der Waals surface area contributed by atoms with E-state index in [1.54, 1.807) is 6.92 Å². The minimum absolute atomic E-state index is 0.0298. The van der Waals surface area contributed by atoms with E-state index >= 15 is 0 Å². The molecule has 0 saturated carbocycles. The third-order valence-electron chi connectivity index (χ3n) is 4.63. The number of aromatic nitrogens is 4. The van der Waals surface area contributed by atoms with Crippen molar-refractivity contribution in [3.8, 4) is 0 Å². The Hall–Kier alpha value is -3.68. The summed E-state index contributed by atoms with van der Waals surface area (Å²) >= 11 is 0. The first-order chi connectivity index (χ1) is 13.5. The lowest BCUT2D eigenvalue weighted by atomic mass is 10.2. The third-order valence-corrected chi connectivity index (χ3v) is 4.63. The molecular weight excluding hydrogens is 352 g/mol. The smallest absolute Gasteiger partial charge is 0.122 e. The molecule has 0 aliphatic carbocycles. The summed E-state index contributed by atoms with van der Waals surface area (Å²) in [7, 11) is 0. The molecule has 4 rings (SSSR count). The molecule has 0 saturated heterocycles. The Labute approximate surface area is 161 Å². The number of nitrogens with one attached hydrogen (secondary N) is 4. The van der Waals surface area contributed by atoms with Gasteiger partial charge in [0.1, 0.15) is 17.5 Å². The van der Waals surface area contributed by atoms with Gasteiger partial charge in [0.25, 0.3) is 0 Å². The van der Waals surface area contributed by atoms with Crippen LogP contribution in [0.5, 0.6) is 0 Å². The molecule has 0 fully saturated rings. The standard InChI is InChI=1S/C20H22N8/c1-12(21)24-8-9-28-17-5-3-2-4-15(17)27-19(28)11-18-25-14-7-6-13(20(22)23)10-16(14)26-18/h2-7,10H,8-9,11H2,1H3,(H2,21,24)(H3,22,23)(H,25,26). The first kappa shape index (κ1) is 17.7. The summed E-state index contributed by atoms with van der Waals surface area (Å²) < 4.78 is 2.17. The van der Waals surface area contributed by atoms with E-state index in [1.807, 2.05) is 36.4 Å². The van der Waals surface area contributed by atoms with Crippen LogP contribution in [0.3, 0.4) is 0 Å². The monoisotopic (exact) mass is 374 g/mol. The summed E-state index contributed by atoms with van der Waals surface area (Å²) in [6.45, 7) is 3.10. The molecule has 6 N–H and O–H groups in total. The average molecular weight is 374 g/mol. The summed E-state index contributed by atoms with van der Waals surface area (Å²) in [4.78, 5) is 12.8. The Balaban J connectivity index is 1.67. The van der Waals surface area contributed by atoms with E-state index in [4.69, 9.17) is 21.5 Å². The van der Waals surface area contributed by atoms with E-state index in [-0.39, 0.29) is 5.84 Å². The molecule has 4 aromatic rings. The number of fused-ring (bicyclic) bond motifs is 2. The molecular formula is C20H22N8. The number of rotatable bonds is 6. The Morgan fingerprint density at radius 1 is 1.14 bits per heavy atom. The number of H-pyrrole nitrogens is 1. The summed E-state index contributed by atoms with van der Waals surface area (Å²) in [5, 5.41) is 18.2. The van der Waals surface area contributed by atoms with Crippen molar-refractivity contribution >= 4 is 33.7 Å². The maximum atomic E-state index is 7.59. The Morgan fingerprint density at radius 2 is 1.96 bits per heavy atom. The van der Waals surface area contributed by atoms with Crippen LogP contribution < -0.4 is 11.1 Å². The fourth-order valence-electron chi connectivity index (χ4n) is 3.32. The number of amidine groups is 2. The second-order valence-corrected chi connectivity index (χ2v) is 6.73. The topological polar surface area (TPSA) is 132 Å². The maximum absolute atomic E-state index is 7.59. The van der Waals surface area contributed by atoms with Gasteiger partial charge in [-0.3, -0.25) is 10.8 Å². The zero-order chi connectivity index (χ0) is 19.7. The molecule has 28 heavy (non-hydrogen) atoms. The van der Waals surface area contributed by atoms with Crippen molar-refractivity contribution in [3.63, 3.8) is 0 Å². The summed E-state index contributed by atoms with van der Waals surface area (Å²) in [6, 6.07) is 13.6. The first-order valence-electron chi connectivity index (χ1n) is 9.07. The number of nitrogens with zero attached hydrogens (tertiary/aromatic N) is 3. The summed E-state index contributed by atoms with van der Waals surface area (Å²) in [5.74, 6) is 2.20. The van der Waals surface area contributed by atoms with Crippen LogP contribution in [0, 0.1) is 10.8 Å². The fraction of sp³-hybridized carbons (Fsp3) is 0.200. The van der Waals surface area contributed by atoms with E-state index in [2.05, 4.69) is 25.9 Å². The third kappa shape index (κ3) is 3.44. The highest BCUT2D eigenvalue weighted by atomic mass is 15.1. The number of nitrogens with two attached hydrogens (primary N) is 1. The van der Waals surface area contributed by atoms with Gasteiger partial charge in [-0.1, -0.05) is 12.1 Å². The average Bonchev–Trinajstić information content (AvgIpc) is 3.21. The highest BCUT2D eigenvalue weighted by Gasteiger charge is 2.13. The van der Waals surface area contributed by atoms with Crippen LogP contribution in [0.25, 0.3) is 22.1 Å². The van der Waals surface area contributed by atoms with Crippen LogP contribution in [0.4, 0.5) is 0 Å². The van der Waals surface area contributed by atoms with Gasteiger partial charge >= 0.3 is 0 Å². The van der Waals surface area contributed by atoms with Gasteiger partial charge < -0.3 is 20.6 Å². The normalized spacial score (nSPS) is 11.2. The molecule has 0 amide bonds. The zero-order valence-corrected chi connectivity index (χ0v) is 15.6. The van der Waals surface area contributed by atoms with Crippen molar-refractivity contribution in [1.82, 2.24) is 24.8 Å². The lowest BCUT2D eigenvalue weighted by molar-refractivity contribution is 0.655. The van der Waals surface area contributed by atoms with Gasteiger partial charge in [0.15, 0.2) is 0 Å². The Bertz CT molecular complexity index is 1180. The first-order valence-corrected chi connectivity index (χ1v) is 9.07. The molecule has 0 spiro atoms. The largest absolute Gasteiger partial charge is 0.384 e. The van der Waals surface area contributed by atoms with Crippen LogP contribution in [0.1, 0.15) is 24.1 Å². The van der Waals surface area contributed by atoms with E-state index < -0.39 is 0 Å². The number of hydrogen-bond acceptors (Lipinski definition) is 4. The second kappa shape index (κ2) is 7.15. The molecule has 8 heteroatoms. The fourth-order valence-corrected chi connectivity index (χ4v) is 3.32. The lowest BCUT2D eigenvalue weighted by Crippen LogP contribution is -2.24. The summed E-state index contributed by atoms with van der Waals surface area (Å²) in [6.07, 6.45) is 0.558. The number of aromatic amines is 1. The number of nitrogen functional groups attached to an aromatic ring is 1. The molecule has 0 unspecified atom stereocenters. The molecule has 0 bridgehead atoms. The van der Waals surface area contributed by atoms with Crippen LogP contribution >= 0.6 is 0 Å². The molecule has 0 radical (unpaired) electrons.